The number of rotatable bonds is 3. The van der Waals surface area contributed by atoms with Gasteiger partial charge in [-0.1, -0.05) is 0 Å². The molecule has 15 heavy (non-hydrogen) atoms. The average Bonchev–Trinajstić information content (AvgIpc) is 2.28. The van der Waals surface area contributed by atoms with Gasteiger partial charge >= 0.3 is 0 Å². The van der Waals surface area contributed by atoms with E-state index in [2.05, 4.69) is 15.6 Å². The summed E-state index contributed by atoms with van der Waals surface area (Å²) in [6, 6.07) is 6.25. The topological polar surface area (TPSA) is 67.4 Å². The van der Waals surface area contributed by atoms with Gasteiger partial charge in [0.2, 0.25) is 0 Å². The lowest BCUT2D eigenvalue weighted by atomic mass is 10.1. The second-order valence-corrected chi connectivity index (χ2v) is 2.79. The van der Waals surface area contributed by atoms with Crippen LogP contribution in [-0.4, -0.2) is 26.0 Å². The molecule has 0 aliphatic carbocycles. The van der Waals surface area contributed by atoms with Gasteiger partial charge in [0.1, 0.15) is 0 Å². The number of hydroxylamine groups is 1. The number of nitrogens with one attached hydrogen (secondary N) is 2. The number of hydrogen-bond acceptors (Lipinski definition) is 3. The summed E-state index contributed by atoms with van der Waals surface area (Å²) in [6.45, 7) is 0. The van der Waals surface area contributed by atoms with Crippen LogP contribution in [0.4, 0.5) is 0 Å². The van der Waals surface area contributed by atoms with Crippen molar-refractivity contribution >= 4 is 11.8 Å². The third-order valence-corrected chi connectivity index (χ3v) is 1.83. The molecule has 5 heteroatoms. The number of amides is 2. The van der Waals surface area contributed by atoms with Crippen molar-refractivity contribution < 1.29 is 14.4 Å². The van der Waals surface area contributed by atoms with E-state index >= 15 is 0 Å². The summed E-state index contributed by atoms with van der Waals surface area (Å²) in [5, 5.41) is 2.49. The molecule has 0 fully saturated rings. The number of carbonyl (C=O) groups is 2. The van der Waals surface area contributed by atoms with Crippen molar-refractivity contribution in [1.82, 2.24) is 10.8 Å². The first-order valence-corrected chi connectivity index (χ1v) is 4.34. The van der Waals surface area contributed by atoms with Crippen molar-refractivity contribution in [2.24, 2.45) is 0 Å². The van der Waals surface area contributed by atoms with Crippen LogP contribution in [0, 0.1) is 0 Å². The van der Waals surface area contributed by atoms with Gasteiger partial charge in [-0.3, -0.25) is 14.4 Å². The third kappa shape index (κ3) is 2.78. The standard InChI is InChI=1S/C10H12N2O3/c1-11-9(13)7-3-5-8(6-4-7)10(14)12-15-2/h3-6H,1-2H3,(H,11,13)(H,12,14). The Labute approximate surface area is 87.4 Å². The molecule has 5 nitrogen and oxygen atoms in total. The van der Waals surface area contributed by atoms with Gasteiger partial charge in [-0.15, -0.1) is 0 Å². The van der Waals surface area contributed by atoms with Gasteiger partial charge in [0, 0.05) is 18.2 Å². The summed E-state index contributed by atoms with van der Waals surface area (Å²) in [5.74, 6) is -0.533. The van der Waals surface area contributed by atoms with Gasteiger partial charge in [-0.05, 0) is 24.3 Å². The van der Waals surface area contributed by atoms with Crippen molar-refractivity contribution in [3.05, 3.63) is 35.4 Å². The SMILES string of the molecule is CNC(=O)c1ccc(C(=O)NOC)cc1. The molecule has 1 aromatic rings. The maximum atomic E-state index is 11.3. The minimum absolute atomic E-state index is 0.186. The van der Waals surface area contributed by atoms with Crippen molar-refractivity contribution in [1.29, 1.82) is 0 Å². The second kappa shape index (κ2) is 5.11. The highest BCUT2D eigenvalue weighted by Crippen LogP contribution is 2.04. The molecule has 0 spiro atoms. The largest absolute Gasteiger partial charge is 0.355 e. The Bertz CT molecular complexity index is 359. The summed E-state index contributed by atoms with van der Waals surface area (Å²) < 4.78 is 0. The number of hydrogen-bond donors (Lipinski definition) is 2. The van der Waals surface area contributed by atoms with E-state index < -0.39 is 0 Å². The molecule has 0 radical (unpaired) electrons. The van der Waals surface area contributed by atoms with Gasteiger partial charge in [0.15, 0.2) is 0 Å². The van der Waals surface area contributed by atoms with Crippen LogP contribution in [0.3, 0.4) is 0 Å². The smallest absolute Gasteiger partial charge is 0.274 e. The zero-order valence-corrected chi connectivity index (χ0v) is 8.53. The predicted molar refractivity (Wildman–Crippen MR) is 54.3 cm³/mol. The quantitative estimate of drug-likeness (QED) is 0.704. The van der Waals surface area contributed by atoms with E-state index in [1.165, 1.54) is 7.11 Å². The molecule has 80 valence electrons. The first kappa shape index (κ1) is 11.2. The molecule has 0 heterocycles. The van der Waals surface area contributed by atoms with Crippen molar-refractivity contribution in [2.75, 3.05) is 14.2 Å². The second-order valence-electron chi connectivity index (χ2n) is 2.79. The molecule has 1 aromatic carbocycles. The number of carbonyl (C=O) groups excluding carboxylic acids is 2. The molecule has 0 bridgehead atoms. The molecule has 2 amide bonds. The summed E-state index contributed by atoms with van der Waals surface area (Å²) in [4.78, 5) is 26.9. The Kier molecular flexibility index (Phi) is 3.82. The number of benzene rings is 1. The zero-order valence-electron chi connectivity index (χ0n) is 8.53. The first-order valence-electron chi connectivity index (χ1n) is 4.34. The monoisotopic (exact) mass is 208 g/mol. The molecule has 0 aliphatic heterocycles. The van der Waals surface area contributed by atoms with Crippen LogP contribution >= 0.6 is 0 Å². The highest BCUT2D eigenvalue weighted by Gasteiger charge is 2.06. The van der Waals surface area contributed by atoms with Gasteiger partial charge in [-0.25, -0.2) is 5.48 Å². The van der Waals surface area contributed by atoms with Crippen molar-refractivity contribution in [3.63, 3.8) is 0 Å². The Balaban J connectivity index is 2.80. The lowest BCUT2D eigenvalue weighted by Gasteiger charge is -2.03. The maximum absolute atomic E-state index is 11.3. The minimum atomic E-state index is -0.346. The lowest BCUT2D eigenvalue weighted by Crippen LogP contribution is -2.22. The summed E-state index contributed by atoms with van der Waals surface area (Å²) in [7, 11) is 2.91. The summed E-state index contributed by atoms with van der Waals surface area (Å²) in [5.41, 5.74) is 3.13. The average molecular weight is 208 g/mol. The van der Waals surface area contributed by atoms with Gasteiger partial charge in [0.25, 0.3) is 11.8 Å². The van der Waals surface area contributed by atoms with Crippen LogP contribution in [0.15, 0.2) is 24.3 Å². The van der Waals surface area contributed by atoms with Crippen LogP contribution in [0.25, 0.3) is 0 Å². The fraction of sp³-hybridized carbons (Fsp3) is 0.200. The zero-order chi connectivity index (χ0) is 11.3. The molecule has 0 aliphatic rings. The molecular formula is C10H12N2O3. The molecule has 0 saturated heterocycles. The van der Waals surface area contributed by atoms with E-state index in [-0.39, 0.29) is 11.8 Å². The summed E-state index contributed by atoms with van der Waals surface area (Å²) >= 11 is 0. The molecular weight excluding hydrogens is 196 g/mol. The Morgan fingerprint density at radius 3 is 1.93 bits per heavy atom. The van der Waals surface area contributed by atoms with Gasteiger partial charge in [0.05, 0.1) is 7.11 Å². The highest BCUT2D eigenvalue weighted by atomic mass is 16.6. The van der Waals surface area contributed by atoms with E-state index in [9.17, 15) is 9.59 Å². The normalized spacial score (nSPS) is 9.47. The maximum Gasteiger partial charge on any atom is 0.274 e. The van der Waals surface area contributed by atoms with E-state index in [0.29, 0.717) is 11.1 Å². The van der Waals surface area contributed by atoms with Crippen LogP contribution in [-0.2, 0) is 4.84 Å². The van der Waals surface area contributed by atoms with Crippen LogP contribution in [0.1, 0.15) is 20.7 Å². The fourth-order valence-corrected chi connectivity index (χ4v) is 1.07. The van der Waals surface area contributed by atoms with Gasteiger partial charge < -0.3 is 5.32 Å². The van der Waals surface area contributed by atoms with Crippen molar-refractivity contribution in [3.8, 4) is 0 Å². The van der Waals surface area contributed by atoms with Crippen LogP contribution in [0.5, 0.6) is 0 Å². The summed E-state index contributed by atoms with van der Waals surface area (Å²) in [6.07, 6.45) is 0. The Morgan fingerprint density at radius 1 is 1.07 bits per heavy atom. The van der Waals surface area contributed by atoms with E-state index in [1.807, 2.05) is 0 Å². The molecule has 0 unspecified atom stereocenters. The van der Waals surface area contributed by atoms with E-state index in [1.54, 1.807) is 31.3 Å². The molecule has 0 atom stereocenters. The molecule has 1 rings (SSSR count). The Morgan fingerprint density at radius 2 is 1.53 bits per heavy atom. The molecule has 0 saturated carbocycles. The van der Waals surface area contributed by atoms with Crippen LogP contribution < -0.4 is 10.8 Å². The van der Waals surface area contributed by atoms with Crippen LogP contribution in [0.2, 0.25) is 0 Å². The molecule has 2 N–H and O–H groups in total. The highest BCUT2D eigenvalue weighted by molar-refractivity contribution is 5.97. The van der Waals surface area contributed by atoms with E-state index in [4.69, 9.17) is 0 Å². The van der Waals surface area contributed by atoms with Gasteiger partial charge in [-0.2, -0.15) is 0 Å². The lowest BCUT2D eigenvalue weighted by molar-refractivity contribution is 0.0537. The van der Waals surface area contributed by atoms with E-state index in [0.717, 1.165) is 0 Å². The molecule has 0 aromatic heterocycles. The van der Waals surface area contributed by atoms with Crippen molar-refractivity contribution in [2.45, 2.75) is 0 Å². The Hall–Kier alpha value is -1.88. The first-order chi connectivity index (χ1) is 7.19. The predicted octanol–water partition coefficient (Wildman–Crippen LogP) is 0.337. The third-order valence-electron chi connectivity index (χ3n) is 1.83. The minimum Gasteiger partial charge on any atom is -0.355 e. The fourth-order valence-electron chi connectivity index (χ4n) is 1.07.